The molecule has 0 saturated heterocycles. The molecule has 4 rings (SSSR count). The van der Waals surface area contributed by atoms with Crippen LogP contribution < -0.4 is 9.62 Å². The van der Waals surface area contributed by atoms with Crippen molar-refractivity contribution in [3.63, 3.8) is 0 Å². The Hall–Kier alpha value is -2.78. The molecule has 2 amide bonds. The Morgan fingerprint density at radius 3 is 2.14 bits per heavy atom. The van der Waals surface area contributed by atoms with Gasteiger partial charge in [-0.2, -0.15) is 0 Å². The largest absolute Gasteiger partial charge is 0.352 e. The zero-order chi connectivity index (χ0) is 30.3. The van der Waals surface area contributed by atoms with E-state index in [9.17, 15) is 18.0 Å². The molecular formula is C31H34Cl3N3O4S. The molecule has 1 fully saturated rings. The van der Waals surface area contributed by atoms with Crippen molar-refractivity contribution in [3.05, 3.63) is 99.0 Å². The molecule has 0 aromatic heterocycles. The summed E-state index contributed by atoms with van der Waals surface area (Å²) in [5.74, 6) is -0.829. The molecule has 0 heterocycles. The average molecular weight is 651 g/mol. The zero-order valence-electron chi connectivity index (χ0n) is 23.3. The Kier molecular flexibility index (Phi) is 11.2. The van der Waals surface area contributed by atoms with Gasteiger partial charge >= 0.3 is 0 Å². The third-order valence-electron chi connectivity index (χ3n) is 7.35. The predicted octanol–water partition coefficient (Wildman–Crippen LogP) is 6.50. The van der Waals surface area contributed by atoms with Crippen LogP contribution in [0.1, 0.15) is 43.2 Å². The van der Waals surface area contributed by atoms with Crippen molar-refractivity contribution in [2.45, 2.75) is 57.2 Å². The minimum absolute atomic E-state index is 0.0254. The molecule has 0 radical (unpaired) electrons. The summed E-state index contributed by atoms with van der Waals surface area (Å²) in [6, 6.07) is 20.0. The average Bonchev–Trinajstić information content (AvgIpc) is 2.95. The fourth-order valence-corrected chi connectivity index (χ4v) is 6.71. The van der Waals surface area contributed by atoms with Gasteiger partial charge in [-0.25, -0.2) is 8.42 Å². The number of hydrogen-bond donors (Lipinski definition) is 1. The summed E-state index contributed by atoms with van der Waals surface area (Å²) < 4.78 is 26.8. The summed E-state index contributed by atoms with van der Waals surface area (Å²) >= 11 is 18.5. The lowest BCUT2D eigenvalue weighted by molar-refractivity contribution is -0.140. The first kappa shape index (κ1) is 32.1. The Balaban J connectivity index is 1.73. The highest BCUT2D eigenvalue weighted by molar-refractivity contribution is 7.92. The number of rotatable bonds is 11. The number of nitrogens with zero attached hydrogens (tertiary/aromatic N) is 2. The molecule has 11 heteroatoms. The second-order valence-electron chi connectivity index (χ2n) is 10.6. The van der Waals surface area contributed by atoms with Crippen LogP contribution in [0.4, 0.5) is 5.69 Å². The maximum atomic E-state index is 14.2. The zero-order valence-corrected chi connectivity index (χ0v) is 26.4. The minimum Gasteiger partial charge on any atom is -0.352 e. The number of carbonyl (C=O) groups excluding carboxylic acids is 2. The molecule has 1 N–H and O–H groups in total. The molecule has 3 aromatic rings. The smallest absolute Gasteiger partial charge is 0.244 e. The van der Waals surface area contributed by atoms with Crippen molar-refractivity contribution in [3.8, 4) is 0 Å². The minimum atomic E-state index is -3.95. The number of nitrogens with one attached hydrogen (secondary N) is 1. The van der Waals surface area contributed by atoms with Gasteiger partial charge in [0.2, 0.25) is 21.8 Å². The molecule has 0 unspecified atom stereocenters. The standard InChI is InChI=1S/C31H34Cl3N3O4S/c1-42(40,41)37(28-17-16-25(33)19-27(28)34)21-30(38)36(20-23-12-14-24(32)15-13-23)29(18-22-8-4-2-5-9-22)31(39)35-26-10-6-3-7-11-26/h2,4-5,8-9,12-17,19,26,29H,3,6-7,10-11,18,20-21H2,1H3,(H,35,39)/t29-/m0/s1. The predicted molar refractivity (Wildman–Crippen MR) is 170 cm³/mol. The molecule has 7 nitrogen and oxygen atoms in total. The van der Waals surface area contributed by atoms with Crippen LogP contribution in [0, 0.1) is 0 Å². The fraction of sp³-hybridized carbons (Fsp3) is 0.355. The van der Waals surface area contributed by atoms with Crippen LogP contribution in [0.25, 0.3) is 0 Å². The van der Waals surface area contributed by atoms with E-state index in [0.29, 0.717) is 10.0 Å². The van der Waals surface area contributed by atoms with Crippen molar-refractivity contribution < 1.29 is 18.0 Å². The number of benzene rings is 3. The molecule has 1 atom stereocenters. The summed E-state index contributed by atoms with van der Waals surface area (Å²) in [5, 5.41) is 4.13. The molecule has 1 saturated carbocycles. The maximum Gasteiger partial charge on any atom is 0.244 e. The topological polar surface area (TPSA) is 86.8 Å². The number of carbonyl (C=O) groups is 2. The summed E-state index contributed by atoms with van der Waals surface area (Å²) in [6.45, 7) is -0.493. The van der Waals surface area contributed by atoms with E-state index < -0.39 is 28.5 Å². The van der Waals surface area contributed by atoms with Crippen LogP contribution in [-0.4, -0.2) is 50.0 Å². The summed E-state index contributed by atoms with van der Waals surface area (Å²) in [7, 11) is -3.95. The third kappa shape index (κ3) is 8.86. The number of halogens is 3. The highest BCUT2D eigenvalue weighted by Gasteiger charge is 2.34. The van der Waals surface area contributed by atoms with Gasteiger partial charge in [0.1, 0.15) is 12.6 Å². The lowest BCUT2D eigenvalue weighted by Gasteiger charge is -2.35. The van der Waals surface area contributed by atoms with Crippen LogP contribution in [0.15, 0.2) is 72.8 Å². The van der Waals surface area contributed by atoms with E-state index >= 15 is 0 Å². The van der Waals surface area contributed by atoms with Crippen LogP contribution in [0.3, 0.4) is 0 Å². The van der Waals surface area contributed by atoms with E-state index in [1.807, 2.05) is 30.3 Å². The molecule has 0 spiro atoms. The highest BCUT2D eigenvalue weighted by Crippen LogP contribution is 2.31. The van der Waals surface area contributed by atoms with E-state index in [-0.39, 0.29) is 35.6 Å². The van der Waals surface area contributed by atoms with Gasteiger partial charge in [-0.15, -0.1) is 0 Å². The van der Waals surface area contributed by atoms with E-state index in [1.54, 1.807) is 24.3 Å². The molecular weight excluding hydrogens is 617 g/mol. The molecule has 1 aliphatic carbocycles. The first-order valence-electron chi connectivity index (χ1n) is 13.8. The summed E-state index contributed by atoms with van der Waals surface area (Å²) in [4.78, 5) is 29.6. The van der Waals surface area contributed by atoms with Crippen LogP contribution in [-0.2, 0) is 32.6 Å². The Morgan fingerprint density at radius 2 is 1.52 bits per heavy atom. The monoisotopic (exact) mass is 649 g/mol. The van der Waals surface area contributed by atoms with Crippen LogP contribution >= 0.6 is 34.8 Å². The van der Waals surface area contributed by atoms with Crippen molar-refractivity contribution in [2.24, 2.45) is 0 Å². The third-order valence-corrected chi connectivity index (χ3v) is 9.26. The lowest BCUT2D eigenvalue weighted by atomic mass is 9.94. The number of hydrogen-bond acceptors (Lipinski definition) is 4. The molecule has 42 heavy (non-hydrogen) atoms. The van der Waals surface area contributed by atoms with Gasteiger partial charge in [-0.3, -0.25) is 13.9 Å². The van der Waals surface area contributed by atoms with E-state index in [2.05, 4.69) is 5.32 Å². The number of anilines is 1. The first-order chi connectivity index (χ1) is 20.0. The first-order valence-corrected chi connectivity index (χ1v) is 16.8. The lowest BCUT2D eigenvalue weighted by Crippen LogP contribution is -2.55. The highest BCUT2D eigenvalue weighted by atomic mass is 35.5. The van der Waals surface area contributed by atoms with Gasteiger partial charge in [0.15, 0.2) is 0 Å². The molecule has 224 valence electrons. The second kappa shape index (κ2) is 14.6. The Labute approximate surface area is 262 Å². The van der Waals surface area contributed by atoms with Gasteiger partial charge in [0, 0.05) is 29.1 Å². The van der Waals surface area contributed by atoms with Gasteiger partial charge in [0.05, 0.1) is 17.0 Å². The molecule has 1 aliphatic rings. The van der Waals surface area contributed by atoms with Crippen LogP contribution in [0.5, 0.6) is 0 Å². The van der Waals surface area contributed by atoms with Gasteiger partial charge in [0.25, 0.3) is 0 Å². The van der Waals surface area contributed by atoms with Crippen molar-refractivity contribution in [2.75, 3.05) is 17.1 Å². The number of amides is 2. The summed E-state index contributed by atoms with van der Waals surface area (Å²) in [5.41, 5.74) is 1.73. The maximum absolute atomic E-state index is 14.2. The Morgan fingerprint density at radius 1 is 0.881 bits per heavy atom. The van der Waals surface area contributed by atoms with Gasteiger partial charge in [-0.05, 0) is 54.3 Å². The normalized spacial score (nSPS) is 14.7. The molecule has 0 aliphatic heterocycles. The van der Waals surface area contributed by atoms with E-state index in [0.717, 1.165) is 53.8 Å². The van der Waals surface area contributed by atoms with Gasteiger partial charge in [-0.1, -0.05) is 96.5 Å². The summed E-state index contributed by atoms with van der Waals surface area (Å²) in [6.07, 6.45) is 6.22. The quantitative estimate of drug-likeness (QED) is 0.257. The molecule has 0 bridgehead atoms. The van der Waals surface area contributed by atoms with E-state index in [1.165, 1.54) is 23.1 Å². The van der Waals surface area contributed by atoms with Gasteiger partial charge < -0.3 is 10.2 Å². The fourth-order valence-electron chi connectivity index (χ4n) is 5.16. The van der Waals surface area contributed by atoms with Crippen molar-refractivity contribution in [1.82, 2.24) is 10.2 Å². The van der Waals surface area contributed by atoms with E-state index in [4.69, 9.17) is 34.8 Å². The van der Waals surface area contributed by atoms with Crippen molar-refractivity contribution >= 4 is 62.3 Å². The molecule has 3 aromatic carbocycles. The van der Waals surface area contributed by atoms with Crippen molar-refractivity contribution in [1.29, 1.82) is 0 Å². The number of sulfonamides is 1. The Bertz CT molecular complexity index is 1480. The SMILES string of the molecule is CS(=O)(=O)N(CC(=O)N(Cc1ccc(Cl)cc1)[C@@H](Cc1ccccc1)C(=O)NC1CCCCC1)c1ccc(Cl)cc1Cl. The van der Waals surface area contributed by atoms with Crippen LogP contribution in [0.2, 0.25) is 15.1 Å². The second-order valence-corrected chi connectivity index (χ2v) is 13.7.